The van der Waals surface area contributed by atoms with E-state index in [1.165, 1.54) is 19.4 Å². The largest absolute Gasteiger partial charge is 0.350 e. The predicted molar refractivity (Wildman–Crippen MR) is 64.0 cm³/mol. The van der Waals surface area contributed by atoms with Crippen LogP contribution in [0.4, 0.5) is 0 Å². The Labute approximate surface area is 97.6 Å². The van der Waals surface area contributed by atoms with Crippen molar-refractivity contribution in [1.29, 1.82) is 0 Å². The summed E-state index contributed by atoms with van der Waals surface area (Å²) >= 11 is 0. The van der Waals surface area contributed by atoms with Crippen molar-refractivity contribution in [2.45, 2.75) is 51.2 Å². The van der Waals surface area contributed by atoms with Crippen LogP contribution in [0.2, 0.25) is 0 Å². The number of carbonyl (C=O) groups excluding carboxylic acids is 1. The van der Waals surface area contributed by atoms with E-state index in [9.17, 15) is 4.79 Å². The van der Waals surface area contributed by atoms with Gasteiger partial charge in [-0.1, -0.05) is 13.8 Å². The van der Waals surface area contributed by atoms with Crippen molar-refractivity contribution in [2.75, 3.05) is 13.1 Å². The van der Waals surface area contributed by atoms with E-state index in [1.807, 2.05) is 13.8 Å². The maximum absolute atomic E-state index is 11.9. The zero-order chi connectivity index (χ0) is 11.7. The third-order valence-corrected chi connectivity index (χ3v) is 3.95. The van der Waals surface area contributed by atoms with Crippen LogP contribution in [-0.2, 0) is 4.79 Å². The average molecular weight is 225 g/mol. The molecule has 3 atom stereocenters. The fraction of sp³-hybridized carbons (Fsp3) is 0.917. The number of fused-ring (bicyclic) bond motifs is 1. The molecule has 16 heavy (non-hydrogen) atoms. The van der Waals surface area contributed by atoms with Crippen LogP contribution in [-0.4, -0.2) is 42.0 Å². The molecule has 2 rings (SSSR count). The van der Waals surface area contributed by atoms with Crippen LogP contribution < -0.4 is 11.1 Å². The van der Waals surface area contributed by atoms with Crippen LogP contribution in [0.15, 0.2) is 0 Å². The van der Waals surface area contributed by atoms with E-state index < -0.39 is 0 Å². The van der Waals surface area contributed by atoms with Crippen molar-refractivity contribution in [3.63, 3.8) is 0 Å². The van der Waals surface area contributed by atoms with Crippen LogP contribution in [0.1, 0.15) is 33.1 Å². The van der Waals surface area contributed by atoms with Gasteiger partial charge in [0.1, 0.15) is 0 Å². The van der Waals surface area contributed by atoms with Crippen LogP contribution in [0, 0.1) is 5.92 Å². The normalized spacial score (nSPS) is 31.8. The monoisotopic (exact) mass is 225 g/mol. The molecule has 3 N–H and O–H groups in total. The lowest BCUT2D eigenvalue weighted by molar-refractivity contribution is -0.124. The van der Waals surface area contributed by atoms with Crippen LogP contribution in [0.25, 0.3) is 0 Å². The third-order valence-electron chi connectivity index (χ3n) is 3.95. The Kier molecular flexibility index (Phi) is 3.50. The molecule has 0 aliphatic carbocycles. The van der Waals surface area contributed by atoms with Gasteiger partial charge in [-0.15, -0.1) is 0 Å². The zero-order valence-corrected chi connectivity index (χ0v) is 10.3. The van der Waals surface area contributed by atoms with Crippen molar-refractivity contribution in [3.8, 4) is 0 Å². The summed E-state index contributed by atoms with van der Waals surface area (Å²) < 4.78 is 0. The Morgan fingerprint density at radius 1 is 1.38 bits per heavy atom. The number of nitrogens with zero attached hydrogens (tertiary/aromatic N) is 1. The second-order valence-corrected chi connectivity index (χ2v) is 5.42. The van der Waals surface area contributed by atoms with Crippen LogP contribution in [0.5, 0.6) is 0 Å². The molecule has 2 heterocycles. The van der Waals surface area contributed by atoms with Gasteiger partial charge in [-0.2, -0.15) is 0 Å². The second kappa shape index (κ2) is 4.72. The van der Waals surface area contributed by atoms with Gasteiger partial charge in [-0.25, -0.2) is 0 Å². The van der Waals surface area contributed by atoms with Crippen LogP contribution >= 0.6 is 0 Å². The minimum Gasteiger partial charge on any atom is -0.350 e. The molecule has 1 amide bonds. The highest BCUT2D eigenvalue weighted by molar-refractivity contribution is 5.82. The molecule has 0 aromatic carbocycles. The summed E-state index contributed by atoms with van der Waals surface area (Å²) in [7, 11) is 0. The summed E-state index contributed by atoms with van der Waals surface area (Å²) in [6.07, 6.45) is 3.58. The maximum atomic E-state index is 11.9. The zero-order valence-electron chi connectivity index (χ0n) is 10.3. The van der Waals surface area contributed by atoms with Gasteiger partial charge in [-0.3, -0.25) is 9.69 Å². The lowest BCUT2D eigenvalue weighted by Gasteiger charge is -2.24. The highest BCUT2D eigenvalue weighted by Crippen LogP contribution is 2.27. The van der Waals surface area contributed by atoms with Crippen molar-refractivity contribution in [3.05, 3.63) is 0 Å². The number of hydrogen-bond acceptors (Lipinski definition) is 3. The van der Waals surface area contributed by atoms with E-state index in [1.54, 1.807) is 0 Å². The lowest BCUT2D eigenvalue weighted by atomic mass is 10.0. The van der Waals surface area contributed by atoms with Crippen LogP contribution in [0.3, 0.4) is 0 Å². The molecule has 4 nitrogen and oxygen atoms in total. The van der Waals surface area contributed by atoms with Crippen molar-refractivity contribution >= 4 is 5.91 Å². The molecule has 4 heteroatoms. The van der Waals surface area contributed by atoms with E-state index >= 15 is 0 Å². The molecule has 0 aromatic rings. The summed E-state index contributed by atoms with van der Waals surface area (Å²) in [5.41, 5.74) is 5.85. The Morgan fingerprint density at radius 3 is 2.81 bits per heavy atom. The van der Waals surface area contributed by atoms with Crippen molar-refractivity contribution in [2.24, 2.45) is 11.7 Å². The number of carbonyl (C=O) groups is 1. The van der Waals surface area contributed by atoms with E-state index in [4.69, 9.17) is 5.73 Å². The highest BCUT2D eigenvalue weighted by atomic mass is 16.2. The predicted octanol–water partition coefficient (Wildman–Crippen LogP) is 0.323. The summed E-state index contributed by atoms with van der Waals surface area (Å²) in [5, 5.41) is 3.13. The number of rotatable bonds is 3. The van der Waals surface area contributed by atoms with E-state index in [-0.39, 0.29) is 17.9 Å². The van der Waals surface area contributed by atoms with Gasteiger partial charge < -0.3 is 11.1 Å². The molecule has 92 valence electrons. The smallest absolute Gasteiger partial charge is 0.237 e. The molecule has 0 spiro atoms. The molecule has 0 saturated carbocycles. The van der Waals surface area contributed by atoms with Crippen molar-refractivity contribution < 1.29 is 4.79 Å². The van der Waals surface area contributed by atoms with E-state index in [2.05, 4.69) is 10.2 Å². The quantitative estimate of drug-likeness (QED) is 0.727. The maximum Gasteiger partial charge on any atom is 0.237 e. The molecule has 3 unspecified atom stereocenters. The molecule has 0 bridgehead atoms. The van der Waals surface area contributed by atoms with Gasteiger partial charge in [-0.05, 0) is 31.7 Å². The number of amides is 1. The molecule has 0 aromatic heterocycles. The Morgan fingerprint density at radius 2 is 2.12 bits per heavy atom. The Hall–Kier alpha value is -0.610. The molecule has 2 saturated heterocycles. The molecule has 2 aliphatic rings. The SMILES string of the molecule is CC(C)C(N)C(=O)NC1CCN2CCCC12. The summed E-state index contributed by atoms with van der Waals surface area (Å²) in [6, 6.07) is 0.540. The third kappa shape index (κ3) is 2.23. The first-order valence-corrected chi connectivity index (χ1v) is 6.39. The minimum atomic E-state index is -0.365. The molecule has 2 fully saturated rings. The van der Waals surface area contributed by atoms with Gasteiger partial charge in [0.2, 0.25) is 5.91 Å². The first-order chi connectivity index (χ1) is 7.59. The fourth-order valence-corrected chi connectivity index (χ4v) is 2.83. The van der Waals surface area contributed by atoms with Gasteiger partial charge in [0.15, 0.2) is 0 Å². The first kappa shape index (κ1) is 11.9. The molecule has 0 radical (unpaired) electrons. The van der Waals surface area contributed by atoms with E-state index in [0.29, 0.717) is 12.1 Å². The summed E-state index contributed by atoms with van der Waals surface area (Å²) in [5.74, 6) is 0.231. The Balaban J connectivity index is 1.88. The van der Waals surface area contributed by atoms with Gasteiger partial charge >= 0.3 is 0 Å². The fourth-order valence-electron chi connectivity index (χ4n) is 2.83. The minimum absolute atomic E-state index is 0.0220. The topological polar surface area (TPSA) is 58.4 Å². The van der Waals surface area contributed by atoms with Gasteiger partial charge in [0, 0.05) is 18.6 Å². The standard InChI is InChI=1S/C12H23N3O/c1-8(2)11(13)12(16)14-9-5-7-15-6-3-4-10(9)15/h8-11H,3-7,13H2,1-2H3,(H,14,16). The van der Waals surface area contributed by atoms with Crippen molar-refractivity contribution in [1.82, 2.24) is 10.2 Å². The summed E-state index contributed by atoms with van der Waals surface area (Å²) in [4.78, 5) is 14.4. The average Bonchev–Trinajstić information content (AvgIpc) is 2.81. The number of hydrogen-bond donors (Lipinski definition) is 2. The Bertz CT molecular complexity index is 267. The molecular formula is C12H23N3O. The van der Waals surface area contributed by atoms with Gasteiger partial charge in [0.25, 0.3) is 0 Å². The first-order valence-electron chi connectivity index (χ1n) is 6.39. The van der Waals surface area contributed by atoms with Gasteiger partial charge in [0.05, 0.1) is 6.04 Å². The summed E-state index contributed by atoms with van der Waals surface area (Å²) in [6.45, 7) is 6.31. The number of nitrogens with two attached hydrogens (primary N) is 1. The highest BCUT2D eigenvalue weighted by Gasteiger charge is 2.38. The number of nitrogens with one attached hydrogen (secondary N) is 1. The second-order valence-electron chi connectivity index (χ2n) is 5.42. The molecule has 2 aliphatic heterocycles. The lowest BCUT2D eigenvalue weighted by Crippen LogP contribution is -2.50. The van der Waals surface area contributed by atoms with E-state index in [0.717, 1.165) is 13.0 Å². The molecular weight excluding hydrogens is 202 g/mol.